The van der Waals surface area contributed by atoms with Crippen molar-refractivity contribution in [3.05, 3.63) is 69.2 Å². The summed E-state index contributed by atoms with van der Waals surface area (Å²) in [5.74, 6) is -0.776. The molecule has 4 rings (SSSR count). The molecule has 49 heavy (non-hydrogen) atoms. The molecule has 2 amide bonds. The van der Waals surface area contributed by atoms with Crippen molar-refractivity contribution in [2.75, 3.05) is 26.2 Å². The van der Waals surface area contributed by atoms with E-state index in [0.717, 1.165) is 37.9 Å². The van der Waals surface area contributed by atoms with Gasteiger partial charge in [0, 0.05) is 47.2 Å². The minimum atomic E-state index is -0.751. The van der Waals surface area contributed by atoms with Gasteiger partial charge in [0.15, 0.2) is 0 Å². The molecule has 0 aliphatic carbocycles. The fourth-order valence-corrected chi connectivity index (χ4v) is 6.92. The number of hydrogen-bond donors (Lipinski definition) is 1. The number of aliphatic imine (C=N–C) groups is 1. The predicted molar refractivity (Wildman–Crippen MR) is 198 cm³/mol. The largest absolute Gasteiger partial charge is 0.460 e. The first-order chi connectivity index (χ1) is 22.6. The van der Waals surface area contributed by atoms with E-state index in [2.05, 4.69) is 51.8 Å². The number of nitrogens with one attached hydrogen (secondary N) is 1. The summed E-state index contributed by atoms with van der Waals surface area (Å²) in [6, 6.07) is 12.4. The smallest absolute Gasteiger partial charge is 0.308 e. The van der Waals surface area contributed by atoms with Crippen molar-refractivity contribution in [3.63, 3.8) is 0 Å². The van der Waals surface area contributed by atoms with Crippen molar-refractivity contribution in [1.82, 2.24) is 15.1 Å². The lowest BCUT2D eigenvalue weighted by Crippen LogP contribution is -2.50. The van der Waals surface area contributed by atoms with Gasteiger partial charge in [0.05, 0.1) is 12.5 Å². The van der Waals surface area contributed by atoms with Gasteiger partial charge in [0.25, 0.3) is 11.8 Å². The minimum absolute atomic E-state index is 0.0285. The second kappa shape index (κ2) is 15.1. The predicted octanol–water partition coefficient (Wildman–Crippen LogP) is 8.49. The van der Waals surface area contributed by atoms with Crippen LogP contribution in [0.2, 0.25) is 10.0 Å². The number of halogens is 2. The van der Waals surface area contributed by atoms with E-state index in [-0.39, 0.29) is 47.6 Å². The first kappa shape index (κ1) is 38.9. The number of carbonyl (C=O) groups excluding carboxylic acids is 3. The lowest BCUT2D eigenvalue weighted by Gasteiger charge is -2.40. The Bertz CT molecular complexity index is 1530. The van der Waals surface area contributed by atoms with E-state index >= 15 is 0 Å². The molecule has 0 radical (unpaired) electrons. The highest BCUT2D eigenvalue weighted by molar-refractivity contribution is 6.48. The standard InChI is InChI=1S/C39H54Cl2N4O4/c1-36(2,3)16-14-31(26-10-12-27(13-11-26)34(47)42-19-15-32(46)49-38(7,8)9)45-35(48)33(28-22-29(40)24-30(41)23-28)43-39(45)18-21-44(25-39)20-17-37(4,5)6/h10-13,22-24,31H,14-21,25H2,1-9H3,(H,42,47)/t31-,39?/m1/s1. The zero-order chi connectivity index (χ0) is 36.4. The van der Waals surface area contributed by atoms with Crippen molar-refractivity contribution < 1.29 is 19.1 Å². The van der Waals surface area contributed by atoms with Gasteiger partial charge in [-0.3, -0.25) is 19.3 Å². The van der Waals surface area contributed by atoms with Crippen LogP contribution in [0.4, 0.5) is 0 Å². The lowest BCUT2D eigenvalue weighted by molar-refractivity contribution is -0.154. The van der Waals surface area contributed by atoms with Crippen LogP contribution in [0, 0.1) is 10.8 Å². The van der Waals surface area contributed by atoms with Gasteiger partial charge >= 0.3 is 5.97 Å². The van der Waals surface area contributed by atoms with Crippen LogP contribution in [0.15, 0.2) is 47.5 Å². The maximum absolute atomic E-state index is 14.7. The van der Waals surface area contributed by atoms with E-state index in [1.54, 1.807) is 30.3 Å². The Morgan fingerprint density at radius 3 is 2.12 bits per heavy atom. The molecule has 2 aromatic rings. The minimum Gasteiger partial charge on any atom is -0.460 e. The van der Waals surface area contributed by atoms with E-state index in [4.69, 9.17) is 32.9 Å². The zero-order valence-corrected chi connectivity index (χ0v) is 32.2. The molecule has 1 saturated heterocycles. The highest BCUT2D eigenvalue weighted by Gasteiger charge is 2.54. The van der Waals surface area contributed by atoms with Crippen LogP contribution in [0.1, 0.15) is 122 Å². The summed E-state index contributed by atoms with van der Waals surface area (Å²) in [5.41, 5.74) is 1.30. The number of benzene rings is 2. The highest BCUT2D eigenvalue weighted by atomic mass is 35.5. The molecule has 8 nitrogen and oxygen atoms in total. The summed E-state index contributed by atoms with van der Waals surface area (Å²) >= 11 is 12.8. The third-order valence-electron chi connectivity index (χ3n) is 8.88. The van der Waals surface area contributed by atoms with Crippen LogP contribution in [-0.2, 0) is 14.3 Å². The molecule has 2 aliphatic rings. The Balaban J connectivity index is 1.65. The van der Waals surface area contributed by atoms with Crippen molar-refractivity contribution in [1.29, 1.82) is 0 Å². The molecule has 0 aromatic heterocycles. The Morgan fingerprint density at radius 1 is 0.939 bits per heavy atom. The number of nitrogens with zero attached hydrogens (tertiary/aromatic N) is 3. The van der Waals surface area contributed by atoms with E-state index in [0.29, 0.717) is 39.8 Å². The maximum atomic E-state index is 14.7. The van der Waals surface area contributed by atoms with E-state index in [1.807, 2.05) is 37.8 Å². The maximum Gasteiger partial charge on any atom is 0.308 e. The van der Waals surface area contributed by atoms with Crippen LogP contribution in [0.25, 0.3) is 0 Å². The summed E-state index contributed by atoms with van der Waals surface area (Å²) in [7, 11) is 0. The second-order valence-electron chi connectivity index (χ2n) is 16.9. The fraction of sp³-hybridized carbons (Fsp3) is 0.590. The number of esters is 1. The lowest BCUT2D eigenvalue weighted by atomic mass is 9.85. The second-order valence-corrected chi connectivity index (χ2v) is 17.8. The highest BCUT2D eigenvalue weighted by Crippen LogP contribution is 2.44. The van der Waals surface area contributed by atoms with Crippen molar-refractivity contribution >= 4 is 46.7 Å². The molecule has 10 heteroatoms. The van der Waals surface area contributed by atoms with Gasteiger partial charge in [-0.2, -0.15) is 0 Å². The molecule has 0 bridgehead atoms. The summed E-state index contributed by atoms with van der Waals surface area (Å²) in [4.78, 5) is 49.5. The number of likely N-dealkylation sites (tertiary alicyclic amines) is 1. The quantitative estimate of drug-likeness (QED) is 0.236. The Labute approximate surface area is 302 Å². The summed E-state index contributed by atoms with van der Waals surface area (Å²) < 4.78 is 5.35. The number of carbonyl (C=O) groups is 3. The number of hydrogen-bond acceptors (Lipinski definition) is 6. The molecule has 268 valence electrons. The van der Waals surface area contributed by atoms with Gasteiger partial charge in [0.2, 0.25) is 0 Å². The van der Waals surface area contributed by atoms with Crippen molar-refractivity contribution in [2.45, 2.75) is 112 Å². The molecule has 2 aliphatic heterocycles. The summed E-state index contributed by atoms with van der Waals surface area (Å²) in [5, 5.41) is 3.73. The number of ether oxygens (including phenoxy) is 1. The van der Waals surface area contributed by atoms with Gasteiger partial charge in [-0.25, -0.2) is 4.99 Å². The first-order valence-corrected chi connectivity index (χ1v) is 18.1. The molecule has 1 unspecified atom stereocenters. The summed E-state index contributed by atoms with van der Waals surface area (Å²) in [6.07, 6.45) is 3.43. The molecule has 1 fully saturated rings. The van der Waals surface area contributed by atoms with Gasteiger partial charge in [-0.05, 0) is 93.3 Å². The molecule has 1 N–H and O–H groups in total. The zero-order valence-electron chi connectivity index (χ0n) is 30.7. The van der Waals surface area contributed by atoms with Crippen molar-refractivity contribution in [2.24, 2.45) is 15.8 Å². The molecular weight excluding hydrogens is 659 g/mol. The normalized spacial score (nSPS) is 19.4. The first-order valence-electron chi connectivity index (χ1n) is 17.4. The monoisotopic (exact) mass is 712 g/mol. The van der Waals surface area contributed by atoms with Crippen molar-refractivity contribution in [3.8, 4) is 0 Å². The molecule has 1 spiro atoms. The summed E-state index contributed by atoms with van der Waals surface area (Å²) in [6.45, 7) is 21.4. The van der Waals surface area contributed by atoms with Gasteiger partial charge < -0.3 is 15.0 Å². The third-order valence-corrected chi connectivity index (χ3v) is 9.32. The molecule has 0 saturated carbocycles. The van der Waals surface area contributed by atoms with Crippen LogP contribution in [0.5, 0.6) is 0 Å². The van der Waals surface area contributed by atoms with Gasteiger partial charge in [0.1, 0.15) is 17.0 Å². The van der Waals surface area contributed by atoms with Crippen LogP contribution in [-0.4, -0.2) is 70.7 Å². The molecule has 2 heterocycles. The van der Waals surface area contributed by atoms with Gasteiger partial charge in [-0.15, -0.1) is 0 Å². The molecule has 2 atom stereocenters. The van der Waals surface area contributed by atoms with Crippen LogP contribution < -0.4 is 5.32 Å². The van der Waals surface area contributed by atoms with E-state index in [9.17, 15) is 14.4 Å². The fourth-order valence-electron chi connectivity index (χ4n) is 6.39. The Morgan fingerprint density at radius 2 is 1.55 bits per heavy atom. The molecule has 2 aromatic carbocycles. The Hall–Kier alpha value is -2.94. The van der Waals surface area contributed by atoms with E-state index in [1.165, 1.54) is 0 Å². The Kier molecular flexibility index (Phi) is 12.0. The SMILES string of the molecule is CC(C)(C)CC[C@H](c1ccc(C(=O)NCCC(=O)OC(C)(C)C)cc1)N1C(=O)C(c2cc(Cl)cc(Cl)c2)=NC12CCN(CCC(C)(C)C)C2. The van der Waals surface area contributed by atoms with Crippen LogP contribution in [0.3, 0.4) is 0 Å². The number of amides is 2. The number of rotatable bonds is 11. The van der Waals surface area contributed by atoms with Gasteiger partial charge in [-0.1, -0.05) is 76.9 Å². The molecular formula is C39H54Cl2N4O4. The topological polar surface area (TPSA) is 91.3 Å². The third kappa shape index (κ3) is 10.8. The van der Waals surface area contributed by atoms with E-state index < -0.39 is 11.3 Å². The van der Waals surface area contributed by atoms with Crippen LogP contribution >= 0.6 is 23.2 Å². The average Bonchev–Trinajstić information content (AvgIpc) is 3.50. The average molecular weight is 714 g/mol.